The van der Waals surface area contributed by atoms with Crippen molar-refractivity contribution < 1.29 is 4.74 Å². The molecular formula is C14H13IO. The number of ether oxygens (including phenoxy) is 1. The third-order valence-electron chi connectivity index (χ3n) is 2.31. The lowest BCUT2D eigenvalue weighted by atomic mass is 10.1. The number of hydrogen-bond donors (Lipinski definition) is 0. The van der Waals surface area contributed by atoms with Crippen LogP contribution in [0.15, 0.2) is 54.6 Å². The molecule has 0 saturated carbocycles. The Morgan fingerprint density at radius 2 is 1.56 bits per heavy atom. The van der Waals surface area contributed by atoms with Crippen molar-refractivity contribution in [3.8, 4) is 11.5 Å². The van der Waals surface area contributed by atoms with Gasteiger partial charge in [-0.05, 0) is 30.2 Å². The summed E-state index contributed by atoms with van der Waals surface area (Å²) in [4.78, 5) is 0. The van der Waals surface area contributed by atoms with E-state index in [2.05, 4.69) is 34.7 Å². The summed E-state index contributed by atoms with van der Waals surface area (Å²) in [6, 6.07) is 18.1. The highest BCUT2D eigenvalue weighted by Gasteiger charge is 2.02. The first-order chi connectivity index (χ1) is 7.90. The molecule has 2 aromatic carbocycles. The van der Waals surface area contributed by atoms with Gasteiger partial charge in [0.15, 0.2) is 0 Å². The Balaban J connectivity index is 2.21. The third kappa shape index (κ3) is 2.98. The monoisotopic (exact) mass is 324 g/mol. The van der Waals surface area contributed by atoms with Gasteiger partial charge in [-0.3, -0.25) is 0 Å². The molecule has 0 radical (unpaired) electrons. The molecule has 0 unspecified atom stereocenters. The van der Waals surface area contributed by atoms with E-state index in [4.69, 9.17) is 4.74 Å². The molecule has 16 heavy (non-hydrogen) atoms. The van der Waals surface area contributed by atoms with Crippen molar-refractivity contribution in [3.05, 3.63) is 60.2 Å². The van der Waals surface area contributed by atoms with Crippen LogP contribution >= 0.6 is 22.6 Å². The van der Waals surface area contributed by atoms with Crippen molar-refractivity contribution in [1.29, 1.82) is 0 Å². The van der Waals surface area contributed by atoms with Crippen LogP contribution in [0.2, 0.25) is 0 Å². The standard InChI is InChI=1S/C14H13IO/c15-11-10-12-6-4-5-9-14(12)16-13-7-2-1-3-8-13/h1-9H,10-11H2. The van der Waals surface area contributed by atoms with Crippen LogP contribution in [0.25, 0.3) is 0 Å². The average Bonchev–Trinajstić information content (AvgIpc) is 2.33. The first-order valence-corrected chi connectivity index (χ1v) is 6.79. The van der Waals surface area contributed by atoms with Gasteiger partial charge in [-0.1, -0.05) is 59.0 Å². The first-order valence-electron chi connectivity index (χ1n) is 5.27. The molecule has 82 valence electrons. The maximum atomic E-state index is 5.86. The third-order valence-corrected chi connectivity index (χ3v) is 2.85. The van der Waals surface area contributed by atoms with Crippen molar-refractivity contribution in [2.24, 2.45) is 0 Å². The van der Waals surface area contributed by atoms with Crippen LogP contribution in [0.5, 0.6) is 11.5 Å². The minimum Gasteiger partial charge on any atom is -0.457 e. The van der Waals surface area contributed by atoms with Crippen LogP contribution in [0.4, 0.5) is 0 Å². The zero-order valence-electron chi connectivity index (χ0n) is 8.90. The minimum absolute atomic E-state index is 0.892. The highest BCUT2D eigenvalue weighted by atomic mass is 127. The topological polar surface area (TPSA) is 9.23 Å². The molecule has 0 heterocycles. The molecule has 2 rings (SSSR count). The van der Waals surface area contributed by atoms with Crippen LogP contribution in [0.3, 0.4) is 0 Å². The molecule has 2 heteroatoms. The van der Waals surface area contributed by atoms with E-state index in [0.29, 0.717) is 0 Å². The van der Waals surface area contributed by atoms with Gasteiger partial charge >= 0.3 is 0 Å². The molecule has 0 amide bonds. The van der Waals surface area contributed by atoms with E-state index in [1.54, 1.807) is 0 Å². The summed E-state index contributed by atoms with van der Waals surface area (Å²) >= 11 is 2.38. The summed E-state index contributed by atoms with van der Waals surface area (Å²) in [5, 5.41) is 0. The molecule has 0 saturated heterocycles. The number of aryl methyl sites for hydroxylation is 1. The summed E-state index contributed by atoms with van der Waals surface area (Å²) < 4.78 is 6.96. The van der Waals surface area contributed by atoms with Gasteiger partial charge in [0.05, 0.1) is 0 Å². The normalized spacial score (nSPS) is 10.1. The molecule has 1 nitrogen and oxygen atoms in total. The van der Waals surface area contributed by atoms with Crippen molar-refractivity contribution in [1.82, 2.24) is 0 Å². The van der Waals surface area contributed by atoms with Crippen LogP contribution in [-0.4, -0.2) is 4.43 Å². The minimum atomic E-state index is 0.892. The van der Waals surface area contributed by atoms with Gasteiger partial charge in [-0.2, -0.15) is 0 Å². The molecule has 0 N–H and O–H groups in total. The highest BCUT2D eigenvalue weighted by molar-refractivity contribution is 14.1. The van der Waals surface area contributed by atoms with Gasteiger partial charge in [0, 0.05) is 4.43 Å². The van der Waals surface area contributed by atoms with Gasteiger partial charge in [-0.15, -0.1) is 0 Å². The first kappa shape index (κ1) is 11.5. The maximum absolute atomic E-state index is 5.86. The summed E-state index contributed by atoms with van der Waals surface area (Å²) in [5.74, 6) is 1.86. The van der Waals surface area contributed by atoms with E-state index in [1.165, 1.54) is 5.56 Å². The summed E-state index contributed by atoms with van der Waals surface area (Å²) in [7, 11) is 0. The van der Waals surface area contributed by atoms with Crippen molar-refractivity contribution in [2.45, 2.75) is 6.42 Å². The van der Waals surface area contributed by atoms with E-state index in [-0.39, 0.29) is 0 Å². The molecule has 0 spiro atoms. The predicted octanol–water partition coefficient (Wildman–Crippen LogP) is 4.46. The van der Waals surface area contributed by atoms with E-state index >= 15 is 0 Å². The number of alkyl halides is 1. The second-order valence-electron chi connectivity index (χ2n) is 3.46. The van der Waals surface area contributed by atoms with Crippen molar-refractivity contribution in [3.63, 3.8) is 0 Å². The fourth-order valence-electron chi connectivity index (χ4n) is 1.53. The molecule has 0 aromatic heterocycles. The Labute approximate surface area is 110 Å². The van der Waals surface area contributed by atoms with Crippen molar-refractivity contribution in [2.75, 3.05) is 4.43 Å². The van der Waals surface area contributed by atoms with E-state index in [0.717, 1.165) is 22.3 Å². The molecule has 2 aromatic rings. The zero-order valence-corrected chi connectivity index (χ0v) is 11.1. The second kappa shape index (κ2) is 5.89. The van der Waals surface area contributed by atoms with Crippen LogP contribution in [0.1, 0.15) is 5.56 Å². The lowest BCUT2D eigenvalue weighted by Crippen LogP contribution is -1.92. The van der Waals surface area contributed by atoms with Gasteiger partial charge in [0.1, 0.15) is 11.5 Å². The molecular weight excluding hydrogens is 311 g/mol. The average molecular weight is 324 g/mol. The smallest absolute Gasteiger partial charge is 0.130 e. The second-order valence-corrected chi connectivity index (χ2v) is 4.54. The van der Waals surface area contributed by atoms with Gasteiger partial charge in [0.2, 0.25) is 0 Å². The van der Waals surface area contributed by atoms with Gasteiger partial charge < -0.3 is 4.74 Å². The molecule has 0 bridgehead atoms. The fourth-order valence-corrected chi connectivity index (χ4v) is 2.11. The van der Waals surface area contributed by atoms with E-state index in [1.807, 2.05) is 42.5 Å². The lowest BCUT2D eigenvalue weighted by Gasteiger charge is -2.09. The molecule has 0 aliphatic heterocycles. The Morgan fingerprint density at radius 1 is 0.875 bits per heavy atom. The van der Waals surface area contributed by atoms with Crippen LogP contribution < -0.4 is 4.74 Å². The Bertz CT molecular complexity index is 439. The highest BCUT2D eigenvalue weighted by Crippen LogP contribution is 2.25. The Morgan fingerprint density at radius 3 is 2.31 bits per heavy atom. The number of rotatable bonds is 4. The summed E-state index contributed by atoms with van der Waals surface area (Å²) in [5.41, 5.74) is 1.26. The van der Waals surface area contributed by atoms with E-state index in [9.17, 15) is 0 Å². The summed E-state index contributed by atoms with van der Waals surface area (Å²) in [6.07, 6.45) is 1.05. The summed E-state index contributed by atoms with van der Waals surface area (Å²) in [6.45, 7) is 0. The number of benzene rings is 2. The van der Waals surface area contributed by atoms with Crippen LogP contribution in [0, 0.1) is 0 Å². The number of halogens is 1. The molecule has 0 aliphatic carbocycles. The lowest BCUT2D eigenvalue weighted by molar-refractivity contribution is 0.477. The fraction of sp³-hybridized carbons (Fsp3) is 0.143. The Kier molecular flexibility index (Phi) is 4.22. The predicted molar refractivity (Wildman–Crippen MR) is 75.5 cm³/mol. The molecule has 0 atom stereocenters. The zero-order chi connectivity index (χ0) is 11.2. The SMILES string of the molecule is ICCc1ccccc1Oc1ccccc1. The maximum Gasteiger partial charge on any atom is 0.130 e. The quantitative estimate of drug-likeness (QED) is 0.596. The van der Waals surface area contributed by atoms with Crippen LogP contribution in [-0.2, 0) is 6.42 Å². The van der Waals surface area contributed by atoms with Crippen molar-refractivity contribution >= 4 is 22.6 Å². The molecule has 0 fully saturated rings. The van der Waals surface area contributed by atoms with Gasteiger partial charge in [-0.25, -0.2) is 0 Å². The largest absolute Gasteiger partial charge is 0.457 e. The Hall–Kier alpha value is -1.03. The van der Waals surface area contributed by atoms with E-state index < -0.39 is 0 Å². The van der Waals surface area contributed by atoms with Gasteiger partial charge in [0.25, 0.3) is 0 Å². The number of para-hydroxylation sites is 2. The molecule has 0 aliphatic rings. The number of hydrogen-bond acceptors (Lipinski definition) is 1.